The van der Waals surface area contributed by atoms with Crippen molar-refractivity contribution >= 4 is 11.8 Å². The normalized spacial score (nSPS) is 20.1. The van der Waals surface area contributed by atoms with E-state index in [2.05, 4.69) is 6.92 Å². The number of aliphatic hydroxyl groups excluding tert-OH is 1. The van der Waals surface area contributed by atoms with E-state index in [4.69, 9.17) is 9.47 Å². The molecule has 1 N–H and O–H groups in total. The topological polar surface area (TPSA) is 72.8 Å². The minimum absolute atomic E-state index is 0.171. The SMILES string of the molecule is CCCCCOc1ccc(C2CC(=O)C=C(O)C2C(=O)OCC)cc1. The van der Waals surface area contributed by atoms with E-state index in [1.165, 1.54) is 0 Å². The Morgan fingerprint density at radius 1 is 1.20 bits per heavy atom. The first-order valence-electron chi connectivity index (χ1n) is 8.89. The minimum atomic E-state index is -0.839. The van der Waals surface area contributed by atoms with Gasteiger partial charge in [-0.15, -0.1) is 0 Å². The standard InChI is InChI=1S/C20H26O5/c1-3-5-6-11-25-16-9-7-14(8-10-16)17-12-15(21)13-18(22)19(17)20(23)24-4-2/h7-10,13,17,19,22H,3-6,11-12H2,1-2H3. The molecule has 0 saturated carbocycles. The van der Waals surface area contributed by atoms with Gasteiger partial charge in [-0.25, -0.2) is 0 Å². The zero-order chi connectivity index (χ0) is 18.2. The van der Waals surface area contributed by atoms with E-state index in [1.807, 2.05) is 24.3 Å². The lowest BCUT2D eigenvalue weighted by Crippen LogP contribution is -2.31. The molecule has 1 aromatic rings. The number of esters is 1. The van der Waals surface area contributed by atoms with Gasteiger partial charge in [0.25, 0.3) is 0 Å². The summed E-state index contributed by atoms with van der Waals surface area (Å²) >= 11 is 0. The van der Waals surface area contributed by atoms with Crippen LogP contribution in [0.25, 0.3) is 0 Å². The van der Waals surface area contributed by atoms with Crippen LogP contribution in [-0.2, 0) is 14.3 Å². The predicted octanol–water partition coefficient (Wildman–Crippen LogP) is 3.93. The summed E-state index contributed by atoms with van der Waals surface area (Å²) < 4.78 is 10.7. The number of carbonyl (C=O) groups is 2. The molecule has 0 heterocycles. The molecule has 25 heavy (non-hydrogen) atoms. The molecule has 0 fully saturated rings. The van der Waals surface area contributed by atoms with E-state index in [0.29, 0.717) is 6.61 Å². The number of hydrogen-bond acceptors (Lipinski definition) is 5. The van der Waals surface area contributed by atoms with Crippen molar-refractivity contribution in [1.82, 2.24) is 0 Å². The van der Waals surface area contributed by atoms with Gasteiger partial charge in [0.15, 0.2) is 5.78 Å². The van der Waals surface area contributed by atoms with E-state index in [0.717, 1.165) is 36.7 Å². The van der Waals surface area contributed by atoms with Crippen molar-refractivity contribution in [3.8, 4) is 5.75 Å². The average Bonchev–Trinajstić information content (AvgIpc) is 2.59. The second-order valence-electron chi connectivity index (χ2n) is 6.20. The Labute approximate surface area is 148 Å². The second-order valence-corrected chi connectivity index (χ2v) is 6.20. The number of allylic oxidation sites excluding steroid dienone is 1. The highest BCUT2D eigenvalue weighted by Gasteiger charge is 2.38. The lowest BCUT2D eigenvalue weighted by molar-refractivity contribution is -0.148. The van der Waals surface area contributed by atoms with E-state index >= 15 is 0 Å². The predicted molar refractivity (Wildman–Crippen MR) is 94.7 cm³/mol. The van der Waals surface area contributed by atoms with E-state index < -0.39 is 17.8 Å². The largest absolute Gasteiger partial charge is 0.511 e. The Morgan fingerprint density at radius 3 is 2.56 bits per heavy atom. The Balaban J connectivity index is 2.12. The van der Waals surface area contributed by atoms with Crippen molar-refractivity contribution in [3.05, 3.63) is 41.7 Å². The summed E-state index contributed by atoms with van der Waals surface area (Å²) in [6.07, 6.45) is 4.59. The summed E-state index contributed by atoms with van der Waals surface area (Å²) in [6.45, 7) is 4.76. The quantitative estimate of drug-likeness (QED) is 0.570. The molecule has 2 unspecified atom stereocenters. The Morgan fingerprint density at radius 2 is 1.92 bits per heavy atom. The monoisotopic (exact) mass is 346 g/mol. The molecule has 1 aliphatic carbocycles. The van der Waals surface area contributed by atoms with Crippen LogP contribution in [0.4, 0.5) is 0 Å². The molecule has 5 nitrogen and oxygen atoms in total. The van der Waals surface area contributed by atoms with Crippen LogP contribution >= 0.6 is 0 Å². The first-order chi connectivity index (χ1) is 12.1. The van der Waals surface area contributed by atoms with Gasteiger partial charge in [-0.1, -0.05) is 31.9 Å². The molecule has 1 aromatic carbocycles. The molecule has 0 radical (unpaired) electrons. The maximum Gasteiger partial charge on any atom is 0.317 e. The van der Waals surface area contributed by atoms with Crippen LogP contribution in [0.15, 0.2) is 36.1 Å². The zero-order valence-corrected chi connectivity index (χ0v) is 14.9. The third-order valence-electron chi connectivity index (χ3n) is 4.32. The molecule has 1 aliphatic rings. The third-order valence-corrected chi connectivity index (χ3v) is 4.32. The number of aliphatic hydroxyl groups is 1. The molecule has 2 rings (SSSR count). The molecule has 0 saturated heterocycles. The van der Waals surface area contributed by atoms with Gasteiger partial charge in [0.05, 0.1) is 13.2 Å². The second kappa shape index (κ2) is 9.25. The van der Waals surface area contributed by atoms with Crippen LogP contribution in [0, 0.1) is 5.92 Å². The minimum Gasteiger partial charge on any atom is -0.511 e. The van der Waals surface area contributed by atoms with Crippen LogP contribution in [-0.4, -0.2) is 30.1 Å². The molecule has 0 bridgehead atoms. The molecule has 0 aliphatic heterocycles. The number of ketones is 1. The molecule has 5 heteroatoms. The molecule has 0 spiro atoms. The van der Waals surface area contributed by atoms with Crippen molar-refractivity contribution < 1.29 is 24.2 Å². The summed E-state index contributed by atoms with van der Waals surface area (Å²) in [7, 11) is 0. The number of carbonyl (C=O) groups excluding carboxylic acids is 2. The highest BCUT2D eigenvalue weighted by Crippen LogP contribution is 2.37. The van der Waals surface area contributed by atoms with Gasteiger partial charge >= 0.3 is 5.97 Å². The van der Waals surface area contributed by atoms with Gasteiger partial charge in [0.2, 0.25) is 0 Å². The maximum atomic E-state index is 12.2. The number of unbranched alkanes of at least 4 members (excludes halogenated alkanes) is 2. The first-order valence-corrected chi connectivity index (χ1v) is 8.89. The molecule has 136 valence electrons. The van der Waals surface area contributed by atoms with Crippen LogP contribution < -0.4 is 4.74 Å². The van der Waals surface area contributed by atoms with Crippen LogP contribution in [0.2, 0.25) is 0 Å². The van der Waals surface area contributed by atoms with Crippen LogP contribution in [0.1, 0.15) is 51.0 Å². The van der Waals surface area contributed by atoms with Gasteiger partial charge in [0, 0.05) is 18.4 Å². The smallest absolute Gasteiger partial charge is 0.317 e. The van der Waals surface area contributed by atoms with Gasteiger partial charge in [-0.2, -0.15) is 0 Å². The molecular weight excluding hydrogens is 320 g/mol. The fourth-order valence-electron chi connectivity index (χ4n) is 3.04. The highest BCUT2D eigenvalue weighted by molar-refractivity contribution is 5.94. The molecule has 0 amide bonds. The van der Waals surface area contributed by atoms with Crippen LogP contribution in [0.5, 0.6) is 5.75 Å². The Hall–Kier alpha value is -2.30. The lowest BCUT2D eigenvalue weighted by Gasteiger charge is -2.28. The van der Waals surface area contributed by atoms with Gasteiger partial charge in [0.1, 0.15) is 17.4 Å². The van der Waals surface area contributed by atoms with Gasteiger partial charge < -0.3 is 14.6 Å². The molecule has 2 atom stereocenters. The average molecular weight is 346 g/mol. The summed E-state index contributed by atoms with van der Waals surface area (Å²) in [5.74, 6) is -1.43. The molecular formula is C20H26O5. The number of rotatable bonds is 8. The number of ether oxygens (including phenoxy) is 2. The van der Waals surface area contributed by atoms with E-state index in [9.17, 15) is 14.7 Å². The van der Waals surface area contributed by atoms with Crippen molar-refractivity contribution in [1.29, 1.82) is 0 Å². The van der Waals surface area contributed by atoms with E-state index in [-0.39, 0.29) is 24.6 Å². The summed E-state index contributed by atoms with van der Waals surface area (Å²) in [5, 5.41) is 10.1. The fraction of sp³-hybridized carbons (Fsp3) is 0.500. The fourth-order valence-corrected chi connectivity index (χ4v) is 3.04. The number of hydrogen-bond donors (Lipinski definition) is 1. The summed E-state index contributed by atoms with van der Waals surface area (Å²) in [6, 6.07) is 7.36. The van der Waals surface area contributed by atoms with Gasteiger partial charge in [-0.3, -0.25) is 9.59 Å². The highest BCUT2D eigenvalue weighted by atomic mass is 16.5. The summed E-state index contributed by atoms with van der Waals surface area (Å²) in [4.78, 5) is 24.0. The zero-order valence-electron chi connectivity index (χ0n) is 14.9. The Bertz CT molecular complexity index is 617. The number of benzene rings is 1. The summed E-state index contributed by atoms with van der Waals surface area (Å²) in [5.41, 5.74) is 0.812. The Kier molecular flexibility index (Phi) is 7.04. The van der Waals surface area contributed by atoms with Crippen molar-refractivity contribution in [2.75, 3.05) is 13.2 Å². The van der Waals surface area contributed by atoms with E-state index in [1.54, 1.807) is 6.92 Å². The first kappa shape index (κ1) is 19.0. The lowest BCUT2D eigenvalue weighted by atomic mass is 9.77. The van der Waals surface area contributed by atoms with Gasteiger partial charge in [-0.05, 0) is 31.0 Å². The molecule has 0 aromatic heterocycles. The van der Waals surface area contributed by atoms with Crippen molar-refractivity contribution in [3.63, 3.8) is 0 Å². The van der Waals surface area contributed by atoms with Crippen LogP contribution in [0.3, 0.4) is 0 Å². The third kappa shape index (κ3) is 5.08. The maximum absolute atomic E-state index is 12.2. The van der Waals surface area contributed by atoms with Crippen molar-refractivity contribution in [2.45, 2.75) is 45.4 Å². The van der Waals surface area contributed by atoms with Crippen molar-refractivity contribution in [2.24, 2.45) is 5.92 Å².